The molecule has 0 radical (unpaired) electrons. The third-order valence-electron chi connectivity index (χ3n) is 6.80. The standard InChI is InChI=1S/C17H22.C12H20.4CH4/c1-6-7-15-8-12(3)17-14(5)13(4)11(2)9-16(17)10-15;1-5-6-12-7-9(2)11(4)10(3)8-12;;;;/h8-10H,6-7H2,1-5H3;7-9,11H,5-6H2,1-4H3;4*1H4. The Bertz CT molecular complexity index is 908. The Hall–Kier alpha value is -1.82. The number of allylic oxidation sites excluding steroid dienone is 4. The van der Waals surface area contributed by atoms with Crippen LogP contribution in [0.25, 0.3) is 10.8 Å². The molecule has 2 aromatic rings. The van der Waals surface area contributed by atoms with Crippen LogP contribution in [0.2, 0.25) is 0 Å². The normalized spacial score (nSPS) is 16.5. The summed E-state index contributed by atoms with van der Waals surface area (Å²) < 4.78 is 0. The van der Waals surface area contributed by atoms with Crippen molar-refractivity contribution in [3.8, 4) is 0 Å². The number of hydrogen-bond acceptors (Lipinski definition) is 0. The third kappa shape index (κ3) is 8.80. The van der Waals surface area contributed by atoms with Gasteiger partial charge in [0.1, 0.15) is 0 Å². The Morgan fingerprint density at radius 1 is 0.697 bits per heavy atom. The average Bonchev–Trinajstić information content (AvgIpc) is 2.65. The van der Waals surface area contributed by atoms with E-state index in [4.69, 9.17) is 0 Å². The second-order valence-corrected chi connectivity index (χ2v) is 9.23. The number of aryl methyl sites for hydroxylation is 4. The highest BCUT2D eigenvalue weighted by atomic mass is 14.2. The highest BCUT2D eigenvalue weighted by Gasteiger charge is 2.16. The molecule has 3 rings (SSSR count). The molecule has 190 valence electrons. The quantitative estimate of drug-likeness (QED) is 0.431. The van der Waals surface area contributed by atoms with E-state index in [2.05, 4.69) is 92.7 Å². The van der Waals surface area contributed by atoms with E-state index in [0.717, 1.165) is 11.8 Å². The lowest BCUT2D eigenvalue weighted by molar-refractivity contribution is 0.516. The van der Waals surface area contributed by atoms with Crippen molar-refractivity contribution in [2.75, 3.05) is 0 Å². The maximum atomic E-state index is 2.43. The van der Waals surface area contributed by atoms with E-state index in [1.165, 1.54) is 64.3 Å². The van der Waals surface area contributed by atoms with Gasteiger partial charge in [-0.15, -0.1) is 0 Å². The molecule has 0 heterocycles. The molecule has 0 fully saturated rings. The summed E-state index contributed by atoms with van der Waals surface area (Å²) in [5, 5.41) is 2.86. The second kappa shape index (κ2) is 15.9. The molecule has 33 heavy (non-hydrogen) atoms. The van der Waals surface area contributed by atoms with E-state index >= 15 is 0 Å². The van der Waals surface area contributed by atoms with Gasteiger partial charge in [-0.3, -0.25) is 0 Å². The lowest BCUT2D eigenvalue weighted by Gasteiger charge is -2.23. The van der Waals surface area contributed by atoms with Crippen molar-refractivity contribution in [1.29, 1.82) is 0 Å². The number of fused-ring (bicyclic) bond motifs is 1. The molecule has 0 bridgehead atoms. The zero-order chi connectivity index (χ0) is 21.7. The molecule has 0 spiro atoms. The Morgan fingerprint density at radius 3 is 1.79 bits per heavy atom. The predicted molar refractivity (Wildman–Crippen MR) is 159 cm³/mol. The Morgan fingerprint density at radius 2 is 1.27 bits per heavy atom. The minimum absolute atomic E-state index is 0. The summed E-state index contributed by atoms with van der Waals surface area (Å²) in [5.41, 5.74) is 10.3. The molecule has 0 aromatic heterocycles. The summed E-state index contributed by atoms with van der Waals surface area (Å²) in [6, 6.07) is 7.06. The Balaban J connectivity index is -0.000000509. The first kappa shape index (κ1) is 35.8. The van der Waals surface area contributed by atoms with E-state index in [1.54, 1.807) is 11.1 Å². The number of rotatable bonds is 4. The molecule has 1 aliphatic rings. The summed E-state index contributed by atoms with van der Waals surface area (Å²) in [5.74, 6) is 1.47. The fourth-order valence-corrected chi connectivity index (χ4v) is 4.59. The van der Waals surface area contributed by atoms with Crippen LogP contribution < -0.4 is 0 Å². The predicted octanol–water partition coefficient (Wildman–Crippen LogP) is 11.5. The van der Waals surface area contributed by atoms with Crippen molar-refractivity contribution in [3.63, 3.8) is 0 Å². The lowest BCUT2D eigenvalue weighted by Crippen LogP contribution is -2.11. The molecule has 0 saturated heterocycles. The third-order valence-corrected chi connectivity index (χ3v) is 6.80. The summed E-state index contributed by atoms with van der Waals surface area (Å²) in [4.78, 5) is 0. The highest BCUT2D eigenvalue weighted by Crippen LogP contribution is 2.30. The minimum Gasteiger partial charge on any atom is -0.0779 e. The van der Waals surface area contributed by atoms with Gasteiger partial charge < -0.3 is 0 Å². The fourth-order valence-electron chi connectivity index (χ4n) is 4.59. The van der Waals surface area contributed by atoms with E-state index in [1.807, 2.05) is 0 Å². The molecular weight excluding hydrogens is 396 g/mol. The van der Waals surface area contributed by atoms with Gasteiger partial charge in [-0.05, 0) is 97.9 Å². The van der Waals surface area contributed by atoms with Gasteiger partial charge in [0.2, 0.25) is 0 Å². The van der Waals surface area contributed by atoms with E-state index in [-0.39, 0.29) is 29.7 Å². The first-order chi connectivity index (χ1) is 13.7. The topological polar surface area (TPSA) is 0 Å². The maximum absolute atomic E-state index is 2.43. The molecule has 0 heteroatoms. The SMILES string of the molecule is C.C.C.C.CCCC1=CC(C)C(C)C(C)=C1.CCCc1cc(C)c2c(C)c(C)c(C)cc2c1. The van der Waals surface area contributed by atoms with Gasteiger partial charge in [-0.1, -0.05) is 112 Å². The van der Waals surface area contributed by atoms with Crippen LogP contribution in [0.3, 0.4) is 0 Å². The largest absolute Gasteiger partial charge is 0.0779 e. The summed E-state index contributed by atoms with van der Waals surface area (Å²) in [7, 11) is 0. The van der Waals surface area contributed by atoms with Gasteiger partial charge in [0.25, 0.3) is 0 Å². The van der Waals surface area contributed by atoms with Crippen LogP contribution in [-0.4, -0.2) is 0 Å². The van der Waals surface area contributed by atoms with Gasteiger partial charge in [-0.25, -0.2) is 0 Å². The molecule has 0 N–H and O–H groups in total. The fraction of sp³-hybridized carbons (Fsp3) is 0.576. The monoisotopic (exact) mass is 454 g/mol. The molecule has 1 aliphatic carbocycles. The lowest BCUT2D eigenvalue weighted by atomic mass is 9.82. The van der Waals surface area contributed by atoms with Gasteiger partial charge in [-0.2, -0.15) is 0 Å². The van der Waals surface area contributed by atoms with Crippen LogP contribution in [0.15, 0.2) is 41.5 Å². The van der Waals surface area contributed by atoms with Gasteiger partial charge in [0, 0.05) is 0 Å². The van der Waals surface area contributed by atoms with E-state index < -0.39 is 0 Å². The van der Waals surface area contributed by atoms with Crippen molar-refractivity contribution >= 4 is 10.8 Å². The van der Waals surface area contributed by atoms with Gasteiger partial charge in [0.15, 0.2) is 0 Å². The number of benzene rings is 2. The summed E-state index contributed by atoms with van der Waals surface area (Å²) in [6.45, 7) is 20.3. The van der Waals surface area contributed by atoms with Gasteiger partial charge in [0.05, 0.1) is 0 Å². The highest BCUT2D eigenvalue weighted by molar-refractivity contribution is 5.91. The Labute approximate surface area is 209 Å². The zero-order valence-corrected chi connectivity index (χ0v) is 20.4. The zero-order valence-electron chi connectivity index (χ0n) is 20.4. The van der Waals surface area contributed by atoms with Crippen molar-refractivity contribution in [1.82, 2.24) is 0 Å². The molecule has 0 saturated carbocycles. The smallest absolute Gasteiger partial charge is 0.0122 e. The van der Waals surface area contributed by atoms with Crippen molar-refractivity contribution < 1.29 is 0 Å². The van der Waals surface area contributed by atoms with Gasteiger partial charge >= 0.3 is 0 Å². The van der Waals surface area contributed by atoms with Crippen LogP contribution in [0.5, 0.6) is 0 Å². The van der Waals surface area contributed by atoms with Crippen LogP contribution in [0.1, 0.15) is 111 Å². The minimum atomic E-state index is 0. The van der Waals surface area contributed by atoms with Crippen molar-refractivity contribution in [2.45, 2.75) is 118 Å². The molecule has 2 aromatic carbocycles. The number of hydrogen-bond donors (Lipinski definition) is 0. The van der Waals surface area contributed by atoms with E-state index in [9.17, 15) is 0 Å². The molecule has 0 amide bonds. The maximum Gasteiger partial charge on any atom is -0.0122 e. The summed E-state index contributed by atoms with van der Waals surface area (Å²) in [6.07, 6.45) is 9.71. The molecule has 0 aliphatic heterocycles. The average molecular weight is 455 g/mol. The van der Waals surface area contributed by atoms with Crippen LogP contribution >= 0.6 is 0 Å². The molecule has 0 nitrogen and oxygen atoms in total. The first-order valence-corrected chi connectivity index (χ1v) is 11.6. The van der Waals surface area contributed by atoms with Crippen molar-refractivity contribution in [2.24, 2.45) is 11.8 Å². The van der Waals surface area contributed by atoms with E-state index in [0.29, 0.717) is 0 Å². The molecular formula is C33H58. The van der Waals surface area contributed by atoms with Crippen LogP contribution in [0.4, 0.5) is 0 Å². The molecule has 2 unspecified atom stereocenters. The summed E-state index contributed by atoms with van der Waals surface area (Å²) >= 11 is 0. The van der Waals surface area contributed by atoms with Crippen molar-refractivity contribution in [3.05, 3.63) is 69.3 Å². The van der Waals surface area contributed by atoms with Crippen LogP contribution in [0, 0.1) is 39.5 Å². The second-order valence-electron chi connectivity index (χ2n) is 9.23. The Kier molecular flexibility index (Phi) is 17.2. The van der Waals surface area contributed by atoms with Crippen LogP contribution in [-0.2, 0) is 6.42 Å². The molecule has 2 atom stereocenters. The first-order valence-electron chi connectivity index (χ1n) is 11.6.